The van der Waals surface area contributed by atoms with Crippen molar-refractivity contribution in [1.82, 2.24) is 0 Å². The second kappa shape index (κ2) is 18.4. The van der Waals surface area contributed by atoms with Gasteiger partial charge in [0.1, 0.15) is 17.2 Å². The molecule has 2 aromatic heterocycles. The van der Waals surface area contributed by atoms with Gasteiger partial charge in [0, 0.05) is 88.2 Å². The molecular weight excluding hydrogens is 969 g/mol. The Bertz CT molecular complexity index is 4310. The summed E-state index contributed by atoms with van der Waals surface area (Å²) < 4.78 is 39.4. The topological polar surface area (TPSA) is 22.9 Å². The number of hydrogen-bond donors (Lipinski definition) is 0. The summed E-state index contributed by atoms with van der Waals surface area (Å²) in [5.74, 6) is -0.766. The van der Waals surface area contributed by atoms with E-state index in [-0.39, 0.29) is 17.3 Å². The average Bonchev–Trinajstić information content (AvgIpc) is 4.28. The number of furan rings is 1. The maximum Gasteiger partial charge on any atom is 0.159 e. The van der Waals surface area contributed by atoms with Crippen LogP contribution in [0, 0.1) is 17.6 Å². The molecule has 77 heavy (non-hydrogen) atoms. The molecule has 12 aromatic rings. The largest absolute Gasteiger partial charge is 0.454 e. The van der Waals surface area contributed by atoms with Crippen molar-refractivity contribution in [3.8, 4) is 11.1 Å². The van der Waals surface area contributed by atoms with Crippen molar-refractivity contribution in [1.29, 1.82) is 0 Å². The fourth-order valence-electron chi connectivity index (χ4n) is 12.2. The highest BCUT2D eigenvalue weighted by Gasteiger charge is 2.36. The Balaban J connectivity index is 0.855. The highest BCUT2D eigenvalue weighted by molar-refractivity contribution is 7.25. The third kappa shape index (κ3) is 7.91. The van der Waals surface area contributed by atoms with Crippen molar-refractivity contribution in [2.75, 3.05) is 14.7 Å². The molecule has 2 aliphatic rings. The number of fused-ring (bicyclic) bond motifs is 9. The highest BCUT2D eigenvalue weighted by Crippen LogP contribution is 2.52. The molecule has 0 amide bonds. The zero-order chi connectivity index (χ0) is 51.9. The quantitative estimate of drug-likeness (QED) is 0.136. The minimum absolute atomic E-state index is 0.186. The van der Waals surface area contributed by atoms with E-state index in [1.165, 1.54) is 49.2 Å². The lowest BCUT2D eigenvalue weighted by molar-refractivity contribution is 0.584. The SMILES string of the molecule is CC1C=C(N(c2ccc3c(c2)sc2ccc(N(c4ccccc4)c4ccc(N(c5cc(F)cc(F)c5)c5ccc6c(c5)-c5ccccc5C6(C)C)cc4)cc23)c2cccc3c2oc2ccccc23)C=CC1c1ccccc1. The lowest BCUT2D eigenvalue weighted by Gasteiger charge is -2.31. The molecule has 7 heteroatoms. The summed E-state index contributed by atoms with van der Waals surface area (Å²) in [6.07, 6.45) is 7.02. The summed E-state index contributed by atoms with van der Waals surface area (Å²) in [4.78, 5) is 6.57. The Morgan fingerprint density at radius 2 is 1.06 bits per heavy atom. The molecule has 0 N–H and O–H groups in total. The number of allylic oxidation sites excluding steroid dienone is 3. The van der Waals surface area contributed by atoms with Gasteiger partial charge in [0.2, 0.25) is 0 Å². The van der Waals surface area contributed by atoms with Crippen LogP contribution in [0.2, 0.25) is 0 Å². The fraction of sp³-hybridized carbons (Fsp3) is 0.0857. The molecule has 372 valence electrons. The van der Waals surface area contributed by atoms with Crippen LogP contribution in [0.5, 0.6) is 0 Å². The first-order valence-corrected chi connectivity index (χ1v) is 27.0. The van der Waals surface area contributed by atoms with Crippen molar-refractivity contribution >= 4 is 98.9 Å². The van der Waals surface area contributed by atoms with Crippen LogP contribution in [0.15, 0.2) is 253 Å². The Morgan fingerprint density at radius 3 is 1.84 bits per heavy atom. The van der Waals surface area contributed by atoms with Gasteiger partial charge < -0.3 is 19.1 Å². The molecule has 4 nitrogen and oxygen atoms in total. The van der Waals surface area contributed by atoms with Crippen LogP contribution in [-0.2, 0) is 5.41 Å². The maximum absolute atomic E-state index is 15.1. The van der Waals surface area contributed by atoms with E-state index in [4.69, 9.17) is 4.42 Å². The van der Waals surface area contributed by atoms with Gasteiger partial charge in [-0.25, -0.2) is 8.78 Å². The molecule has 0 saturated heterocycles. The smallest absolute Gasteiger partial charge is 0.159 e. The molecule has 0 bridgehead atoms. The number of rotatable bonds is 10. The maximum atomic E-state index is 15.1. The minimum Gasteiger partial charge on any atom is -0.454 e. The number of thiophene rings is 1. The number of hydrogen-bond acceptors (Lipinski definition) is 5. The van der Waals surface area contributed by atoms with E-state index in [0.29, 0.717) is 5.69 Å². The molecule has 10 aromatic carbocycles. The van der Waals surface area contributed by atoms with Crippen LogP contribution in [0.25, 0.3) is 53.2 Å². The average molecular weight is 1020 g/mol. The molecule has 14 rings (SSSR count). The second-order valence-corrected chi connectivity index (χ2v) is 21.9. The van der Waals surface area contributed by atoms with E-state index in [2.05, 4.69) is 225 Å². The van der Waals surface area contributed by atoms with Gasteiger partial charge in [-0.3, -0.25) is 0 Å². The predicted molar refractivity (Wildman–Crippen MR) is 318 cm³/mol. The zero-order valence-corrected chi connectivity index (χ0v) is 43.5. The predicted octanol–water partition coefficient (Wildman–Crippen LogP) is 20.5. The number of anilines is 8. The van der Waals surface area contributed by atoms with Gasteiger partial charge in [-0.1, -0.05) is 148 Å². The van der Waals surface area contributed by atoms with Crippen LogP contribution in [-0.4, -0.2) is 0 Å². The number of benzene rings is 10. The normalized spacial score (nSPS) is 15.5. The van der Waals surface area contributed by atoms with Gasteiger partial charge in [-0.15, -0.1) is 11.3 Å². The molecule has 2 atom stereocenters. The molecule has 0 fully saturated rings. The van der Waals surface area contributed by atoms with E-state index in [1.54, 1.807) is 11.3 Å². The van der Waals surface area contributed by atoms with Gasteiger partial charge in [0.25, 0.3) is 0 Å². The molecule has 0 aliphatic heterocycles. The first-order valence-electron chi connectivity index (χ1n) is 26.2. The van der Waals surface area contributed by atoms with E-state index in [1.807, 2.05) is 35.2 Å². The lowest BCUT2D eigenvalue weighted by Crippen LogP contribution is -2.20. The lowest BCUT2D eigenvalue weighted by atomic mass is 9.82. The Hall–Kier alpha value is -9.04. The summed E-state index contributed by atoms with van der Waals surface area (Å²) in [6.45, 7) is 6.80. The van der Waals surface area contributed by atoms with Crippen molar-refractivity contribution in [3.05, 3.63) is 277 Å². The summed E-state index contributed by atoms with van der Waals surface area (Å²) >= 11 is 1.79. The van der Waals surface area contributed by atoms with Gasteiger partial charge >= 0.3 is 0 Å². The van der Waals surface area contributed by atoms with Crippen molar-refractivity contribution in [3.63, 3.8) is 0 Å². The molecular formula is C70H51F2N3OS. The van der Waals surface area contributed by atoms with Crippen LogP contribution in [0.1, 0.15) is 43.4 Å². The fourth-order valence-corrected chi connectivity index (χ4v) is 13.3. The second-order valence-electron chi connectivity index (χ2n) is 20.8. The summed E-state index contributed by atoms with van der Waals surface area (Å²) in [6, 6.07) is 76.3. The van der Waals surface area contributed by atoms with Gasteiger partial charge in [-0.05, 0) is 143 Å². The molecule has 2 heterocycles. The van der Waals surface area contributed by atoms with Crippen LogP contribution < -0.4 is 14.7 Å². The van der Waals surface area contributed by atoms with Crippen LogP contribution >= 0.6 is 11.3 Å². The number of para-hydroxylation sites is 3. The van der Waals surface area contributed by atoms with Gasteiger partial charge in [-0.2, -0.15) is 0 Å². The van der Waals surface area contributed by atoms with E-state index < -0.39 is 11.6 Å². The third-order valence-electron chi connectivity index (χ3n) is 15.8. The minimum atomic E-state index is -0.639. The number of nitrogens with zero attached hydrogens (tertiary/aromatic N) is 3. The summed E-state index contributed by atoms with van der Waals surface area (Å²) in [5.41, 5.74) is 15.6. The molecule has 2 unspecified atom stereocenters. The van der Waals surface area contributed by atoms with Crippen LogP contribution in [0.4, 0.5) is 54.3 Å². The van der Waals surface area contributed by atoms with E-state index in [0.717, 1.165) is 84.5 Å². The van der Waals surface area contributed by atoms with Crippen molar-refractivity contribution in [2.45, 2.75) is 32.1 Å². The highest BCUT2D eigenvalue weighted by atomic mass is 32.1. The molecule has 0 saturated carbocycles. The zero-order valence-electron chi connectivity index (χ0n) is 42.7. The molecule has 2 aliphatic carbocycles. The first-order chi connectivity index (χ1) is 37.6. The molecule has 0 spiro atoms. The summed E-state index contributed by atoms with van der Waals surface area (Å²) in [5, 5.41) is 4.51. The van der Waals surface area contributed by atoms with Crippen LogP contribution in [0.3, 0.4) is 0 Å². The van der Waals surface area contributed by atoms with E-state index in [9.17, 15) is 0 Å². The summed E-state index contributed by atoms with van der Waals surface area (Å²) in [7, 11) is 0. The number of halogens is 2. The van der Waals surface area contributed by atoms with E-state index >= 15 is 8.78 Å². The Kier molecular flexibility index (Phi) is 11.1. The van der Waals surface area contributed by atoms with Crippen molar-refractivity contribution in [2.24, 2.45) is 5.92 Å². The standard InChI is InChI=1S/C70H51F2N3OS/c1-44-37-51(29-33-56(44)45-15-6-4-7-16-45)75(65-23-14-21-60-58-20-11-13-24-66(58)76-69(60)65)54-30-34-59-62-42-53(32-36-67(62)77-68(59)43-54)73(48-17-8-5-9-18-48)49-25-27-50(28-26-49)74(55-39-46(71)38-47(72)40-55)52-31-35-64-61(41-52)57-19-10-12-22-63(57)70(64,2)3/h4-44,56H,1-3H3. The van der Waals surface area contributed by atoms with Gasteiger partial charge in [0.05, 0.1) is 11.4 Å². The third-order valence-corrected chi connectivity index (χ3v) is 16.9. The van der Waals surface area contributed by atoms with Gasteiger partial charge in [0.15, 0.2) is 5.58 Å². The van der Waals surface area contributed by atoms with Crippen molar-refractivity contribution < 1.29 is 13.2 Å². The first kappa shape index (κ1) is 46.5. The Labute approximate surface area is 450 Å². The Morgan fingerprint density at radius 1 is 0.455 bits per heavy atom. The molecule has 0 radical (unpaired) electrons. The monoisotopic (exact) mass is 1020 g/mol.